The van der Waals surface area contributed by atoms with Crippen LogP contribution in [0.3, 0.4) is 0 Å². The van der Waals surface area contributed by atoms with Crippen LogP contribution in [0.2, 0.25) is 0 Å². The molecule has 0 aliphatic heterocycles. The number of carbonyl (C=O) groups excluding carboxylic acids is 2. The third-order valence-corrected chi connectivity index (χ3v) is 4.80. The Morgan fingerprint density at radius 2 is 1.90 bits per heavy atom. The highest BCUT2D eigenvalue weighted by Crippen LogP contribution is 2.19. The van der Waals surface area contributed by atoms with Crippen LogP contribution in [0.4, 0.5) is 4.39 Å². The fraction of sp³-hybridized carbons (Fsp3) is 0.273. The van der Waals surface area contributed by atoms with E-state index in [1.807, 2.05) is 37.5 Å². The summed E-state index contributed by atoms with van der Waals surface area (Å²) in [5, 5.41) is 3.80. The van der Waals surface area contributed by atoms with Crippen LogP contribution in [0.15, 0.2) is 54.7 Å². The SMILES string of the molecule is COC(=O)[C@@H](Cc1c[nH]c2ccccc12)NC(=O)C[NH+](C)Cc1ccc(F)cc1. The highest BCUT2D eigenvalue weighted by atomic mass is 19.1. The van der Waals surface area contributed by atoms with E-state index in [2.05, 4.69) is 10.3 Å². The molecule has 1 unspecified atom stereocenters. The smallest absolute Gasteiger partial charge is 0.328 e. The molecule has 3 rings (SSSR count). The Labute approximate surface area is 168 Å². The summed E-state index contributed by atoms with van der Waals surface area (Å²) >= 11 is 0. The van der Waals surface area contributed by atoms with Crippen LogP contribution < -0.4 is 10.2 Å². The number of para-hydroxylation sites is 1. The third kappa shape index (κ3) is 5.42. The number of fused-ring (bicyclic) bond motifs is 1. The summed E-state index contributed by atoms with van der Waals surface area (Å²) in [4.78, 5) is 28.8. The van der Waals surface area contributed by atoms with Gasteiger partial charge in [-0.2, -0.15) is 0 Å². The van der Waals surface area contributed by atoms with Crippen molar-refractivity contribution in [2.24, 2.45) is 0 Å². The maximum absolute atomic E-state index is 13.0. The Morgan fingerprint density at radius 1 is 1.17 bits per heavy atom. The Kier molecular flexibility index (Phi) is 6.61. The molecule has 3 N–H and O–H groups in total. The van der Waals surface area contributed by atoms with Crippen molar-refractivity contribution in [3.8, 4) is 0 Å². The van der Waals surface area contributed by atoms with E-state index < -0.39 is 12.0 Å². The van der Waals surface area contributed by atoms with E-state index in [9.17, 15) is 14.0 Å². The maximum atomic E-state index is 13.0. The van der Waals surface area contributed by atoms with Crippen molar-refractivity contribution in [1.29, 1.82) is 0 Å². The number of methoxy groups -OCH3 is 1. The van der Waals surface area contributed by atoms with Crippen LogP contribution in [-0.4, -0.2) is 43.6 Å². The number of H-pyrrole nitrogens is 1. The molecule has 2 atom stereocenters. The number of rotatable bonds is 8. The highest BCUT2D eigenvalue weighted by Gasteiger charge is 2.24. The summed E-state index contributed by atoms with van der Waals surface area (Å²) < 4.78 is 17.9. The lowest BCUT2D eigenvalue weighted by atomic mass is 10.0. The number of esters is 1. The molecule has 0 saturated heterocycles. The largest absolute Gasteiger partial charge is 0.467 e. The van der Waals surface area contributed by atoms with Crippen molar-refractivity contribution < 1.29 is 23.6 Å². The second-order valence-corrected chi connectivity index (χ2v) is 7.14. The van der Waals surface area contributed by atoms with E-state index in [0.717, 1.165) is 26.9 Å². The molecule has 0 radical (unpaired) electrons. The quantitative estimate of drug-likeness (QED) is 0.500. The number of quaternary nitrogens is 1. The highest BCUT2D eigenvalue weighted by molar-refractivity contribution is 5.87. The lowest BCUT2D eigenvalue weighted by Crippen LogP contribution is -3.09. The van der Waals surface area contributed by atoms with Crippen molar-refractivity contribution in [1.82, 2.24) is 10.3 Å². The second kappa shape index (κ2) is 9.34. The zero-order valence-corrected chi connectivity index (χ0v) is 16.5. The number of amides is 1. The van der Waals surface area contributed by atoms with E-state index in [1.54, 1.807) is 12.1 Å². The number of hydrogen-bond acceptors (Lipinski definition) is 3. The molecule has 0 bridgehead atoms. The van der Waals surface area contributed by atoms with E-state index in [1.165, 1.54) is 19.2 Å². The molecule has 3 aromatic rings. The molecule has 0 aliphatic rings. The predicted molar refractivity (Wildman–Crippen MR) is 108 cm³/mol. The van der Waals surface area contributed by atoms with Gasteiger partial charge in [-0.3, -0.25) is 4.79 Å². The Hall–Kier alpha value is -3.19. The van der Waals surface area contributed by atoms with Crippen LogP contribution in [0, 0.1) is 5.82 Å². The minimum Gasteiger partial charge on any atom is -0.467 e. The van der Waals surface area contributed by atoms with Crippen molar-refractivity contribution in [3.63, 3.8) is 0 Å². The summed E-state index contributed by atoms with van der Waals surface area (Å²) in [5.74, 6) is -1.03. The van der Waals surface area contributed by atoms with Crippen LogP contribution in [0.25, 0.3) is 10.9 Å². The van der Waals surface area contributed by atoms with Gasteiger partial charge in [-0.15, -0.1) is 0 Å². The molecule has 0 aliphatic carbocycles. The molecule has 6 nitrogen and oxygen atoms in total. The number of likely N-dealkylation sites (N-methyl/N-ethyl adjacent to an activating group) is 1. The van der Waals surface area contributed by atoms with Crippen molar-refractivity contribution >= 4 is 22.8 Å². The molecular formula is C22H25FN3O3+. The number of ether oxygens (including phenoxy) is 1. The summed E-state index contributed by atoms with van der Waals surface area (Å²) in [6, 6.07) is 13.2. The minimum atomic E-state index is -0.773. The minimum absolute atomic E-state index is 0.179. The number of aromatic nitrogens is 1. The first-order valence-electron chi connectivity index (χ1n) is 9.44. The Balaban J connectivity index is 1.62. The van der Waals surface area contributed by atoms with E-state index >= 15 is 0 Å². The van der Waals surface area contributed by atoms with Gasteiger partial charge in [-0.05, 0) is 23.8 Å². The predicted octanol–water partition coefficient (Wildman–Crippen LogP) is 1.22. The maximum Gasteiger partial charge on any atom is 0.328 e. The molecule has 0 saturated carbocycles. The summed E-state index contributed by atoms with van der Waals surface area (Å²) in [6.07, 6.45) is 2.18. The zero-order valence-electron chi connectivity index (χ0n) is 16.5. The molecule has 1 heterocycles. The van der Waals surface area contributed by atoms with Gasteiger partial charge in [0.2, 0.25) is 0 Å². The lowest BCUT2D eigenvalue weighted by molar-refractivity contribution is -0.885. The molecule has 7 heteroatoms. The third-order valence-electron chi connectivity index (χ3n) is 4.80. The van der Waals surface area contributed by atoms with Crippen molar-refractivity contribution in [2.45, 2.75) is 19.0 Å². The fourth-order valence-electron chi connectivity index (χ4n) is 3.39. The number of benzene rings is 2. The number of aromatic amines is 1. The van der Waals surface area contributed by atoms with Gasteiger partial charge in [0, 0.05) is 29.1 Å². The number of hydrogen-bond donors (Lipinski definition) is 3. The van der Waals surface area contributed by atoms with Crippen LogP contribution in [0.1, 0.15) is 11.1 Å². The van der Waals surface area contributed by atoms with Crippen LogP contribution in [-0.2, 0) is 27.3 Å². The monoisotopic (exact) mass is 398 g/mol. The fourth-order valence-corrected chi connectivity index (χ4v) is 3.39. The van der Waals surface area contributed by atoms with Gasteiger partial charge in [-0.25, -0.2) is 9.18 Å². The average molecular weight is 398 g/mol. The molecule has 2 aromatic carbocycles. The normalized spacial score (nSPS) is 13.1. The van der Waals surface area contributed by atoms with Gasteiger partial charge in [0.15, 0.2) is 6.54 Å². The summed E-state index contributed by atoms with van der Waals surface area (Å²) in [5.41, 5.74) is 2.84. The number of nitrogens with one attached hydrogen (secondary N) is 3. The molecule has 0 fully saturated rings. The Morgan fingerprint density at radius 3 is 2.62 bits per heavy atom. The molecule has 0 spiro atoms. The lowest BCUT2D eigenvalue weighted by Gasteiger charge is -2.18. The van der Waals surface area contributed by atoms with Gasteiger partial charge in [0.1, 0.15) is 18.4 Å². The molecule has 1 amide bonds. The number of carbonyl (C=O) groups is 2. The molecular weight excluding hydrogens is 373 g/mol. The first-order chi connectivity index (χ1) is 14.0. The van der Waals surface area contributed by atoms with Gasteiger partial charge in [0.25, 0.3) is 5.91 Å². The van der Waals surface area contributed by atoms with E-state index in [4.69, 9.17) is 4.74 Å². The van der Waals surface area contributed by atoms with Crippen molar-refractivity contribution in [2.75, 3.05) is 20.7 Å². The van der Waals surface area contributed by atoms with Gasteiger partial charge >= 0.3 is 5.97 Å². The molecule has 152 valence electrons. The van der Waals surface area contributed by atoms with Crippen molar-refractivity contribution in [3.05, 3.63) is 71.7 Å². The summed E-state index contributed by atoms with van der Waals surface area (Å²) in [6.45, 7) is 0.748. The molecule has 29 heavy (non-hydrogen) atoms. The van der Waals surface area contributed by atoms with E-state index in [0.29, 0.717) is 13.0 Å². The van der Waals surface area contributed by atoms with Crippen LogP contribution in [0.5, 0.6) is 0 Å². The number of halogens is 1. The van der Waals surface area contributed by atoms with Gasteiger partial charge in [0.05, 0.1) is 14.2 Å². The first-order valence-corrected chi connectivity index (χ1v) is 9.44. The van der Waals surface area contributed by atoms with E-state index in [-0.39, 0.29) is 18.3 Å². The summed E-state index contributed by atoms with van der Waals surface area (Å²) in [7, 11) is 3.18. The molecule has 1 aromatic heterocycles. The average Bonchev–Trinajstić information content (AvgIpc) is 3.11. The van der Waals surface area contributed by atoms with Gasteiger partial charge in [-0.1, -0.05) is 30.3 Å². The Bertz CT molecular complexity index is 984. The topological polar surface area (TPSA) is 75.6 Å². The standard InChI is InChI=1S/C22H24FN3O3/c1-26(13-15-7-9-17(23)10-8-15)14-21(27)25-20(22(28)29-2)11-16-12-24-19-6-4-3-5-18(16)19/h3-10,12,20,24H,11,13-14H2,1-2H3,(H,25,27)/p+1/t20-/m1/s1. The second-order valence-electron chi connectivity index (χ2n) is 7.14. The van der Waals surface area contributed by atoms with Gasteiger partial charge < -0.3 is 19.9 Å². The zero-order chi connectivity index (χ0) is 20.8. The first kappa shape index (κ1) is 20.5. The van der Waals surface area contributed by atoms with Crippen LogP contribution >= 0.6 is 0 Å².